The molecular weight excluding hydrogens is 431 g/mol. The van der Waals surface area contributed by atoms with E-state index in [1.54, 1.807) is 31.4 Å². The number of hydrogen-bond acceptors (Lipinski definition) is 5. The number of benzene rings is 1. The van der Waals surface area contributed by atoms with Crippen molar-refractivity contribution in [2.45, 2.75) is 20.0 Å². The van der Waals surface area contributed by atoms with Gasteiger partial charge in [0.05, 0.1) is 16.1 Å². The van der Waals surface area contributed by atoms with Crippen molar-refractivity contribution >= 4 is 23.2 Å². The summed E-state index contributed by atoms with van der Waals surface area (Å²) < 4.78 is 40.6. The van der Waals surface area contributed by atoms with E-state index in [0.29, 0.717) is 4.88 Å². The number of rotatable bonds is 7. The number of carbonyl (C=O) groups excluding carboxylic acids is 2. The fraction of sp³-hybridized carbons (Fsp3) is 0.300. The topological polar surface area (TPSA) is 88.9 Å². The number of thiophene rings is 1. The highest BCUT2D eigenvalue weighted by molar-refractivity contribution is 7.13. The molecule has 0 radical (unpaired) electrons. The molecule has 3 rings (SSSR count). The van der Waals surface area contributed by atoms with E-state index in [2.05, 4.69) is 20.7 Å². The van der Waals surface area contributed by atoms with Crippen molar-refractivity contribution in [3.05, 3.63) is 53.2 Å². The Morgan fingerprint density at radius 2 is 1.87 bits per heavy atom. The lowest BCUT2D eigenvalue weighted by Crippen LogP contribution is -2.36. The molecule has 0 aliphatic heterocycles. The Labute approximate surface area is 180 Å². The normalized spacial score (nSPS) is 11.5. The molecule has 3 aromatic rings. The fourth-order valence-electron chi connectivity index (χ4n) is 2.61. The number of carbonyl (C=O) groups is 2. The Hall–Kier alpha value is -3.21. The van der Waals surface area contributed by atoms with Gasteiger partial charge in [-0.2, -0.15) is 13.2 Å². The summed E-state index contributed by atoms with van der Waals surface area (Å²) in [5.41, 5.74) is -0.696. The van der Waals surface area contributed by atoms with E-state index < -0.39 is 17.6 Å². The van der Waals surface area contributed by atoms with Gasteiger partial charge in [-0.05, 0) is 29.6 Å². The van der Waals surface area contributed by atoms with Gasteiger partial charge in [-0.1, -0.05) is 26.0 Å². The highest BCUT2D eigenvalue weighted by Crippen LogP contribution is 2.31. The monoisotopic (exact) mass is 451 g/mol. The van der Waals surface area contributed by atoms with E-state index in [-0.39, 0.29) is 42.3 Å². The number of hydrogen-bond donors (Lipinski definition) is 2. The minimum absolute atomic E-state index is 0.133. The maximum absolute atomic E-state index is 13.1. The molecule has 164 valence electrons. The minimum Gasteiger partial charge on any atom is -0.354 e. The molecule has 0 saturated carbocycles. The standard InChI is InChI=1S/C20H20F3N5O2S/c1-12(2)18(29)24-8-9-25-19(30)16-26-17(15-7-4-10-31-15)28(27-16)14-6-3-5-13(11-14)20(21,22)23/h3-7,10-12H,8-9H2,1-2H3,(H,24,29)(H,25,30). The van der Waals surface area contributed by atoms with Gasteiger partial charge < -0.3 is 10.6 Å². The van der Waals surface area contributed by atoms with Crippen LogP contribution < -0.4 is 10.6 Å². The summed E-state index contributed by atoms with van der Waals surface area (Å²) in [7, 11) is 0. The molecule has 31 heavy (non-hydrogen) atoms. The van der Waals surface area contributed by atoms with Crippen LogP contribution >= 0.6 is 11.3 Å². The highest BCUT2D eigenvalue weighted by Gasteiger charge is 2.31. The first-order chi connectivity index (χ1) is 14.7. The first-order valence-electron chi connectivity index (χ1n) is 9.41. The average molecular weight is 451 g/mol. The molecule has 2 N–H and O–H groups in total. The predicted molar refractivity (Wildman–Crippen MR) is 110 cm³/mol. The summed E-state index contributed by atoms with van der Waals surface area (Å²) in [6.45, 7) is 3.90. The van der Waals surface area contributed by atoms with Gasteiger partial charge in [0.2, 0.25) is 11.7 Å². The summed E-state index contributed by atoms with van der Waals surface area (Å²) in [5.74, 6) is -0.832. The number of amides is 2. The minimum atomic E-state index is -4.51. The number of alkyl halides is 3. The molecule has 11 heteroatoms. The average Bonchev–Trinajstić information content (AvgIpc) is 3.39. The Bertz CT molecular complexity index is 1060. The predicted octanol–water partition coefficient (Wildman–Crippen LogP) is 3.52. The molecule has 2 aromatic heterocycles. The molecule has 7 nitrogen and oxygen atoms in total. The Morgan fingerprint density at radius 3 is 2.52 bits per heavy atom. The van der Waals surface area contributed by atoms with E-state index >= 15 is 0 Å². The van der Waals surface area contributed by atoms with Crippen LogP contribution in [0.4, 0.5) is 13.2 Å². The maximum Gasteiger partial charge on any atom is 0.416 e. The molecular formula is C20H20F3N5O2S. The van der Waals surface area contributed by atoms with E-state index in [4.69, 9.17) is 0 Å². The largest absolute Gasteiger partial charge is 0.416 e. The summed E-state index contributed by atoms with van der Waals surface area (Å²) in [6.07, 6.45) is -4.51. The van der Waals surface area contributed by atoms with Crippen LogP contribution in [0.3, 0.4) is 0 Å². The van der Waals surface area contributed by atoms with Crippen molar-refractivity contribution in [3.63, 3.8) is 0 Å². The Kier molecular flexibility index (Phi) is 6.74. The van der Waals surface area contributed by atoms with Gasteiger partial charge in [-0.25, -0.2) is 9.67 Å². The second-order valence-corrected chi connectivity index (χ2v) is 7.85. The van der Waals surface area contributed by atoms with E-state index in [0.717, 1.165) is 12.1 Å². The molecule has 2 amide bonds. The maximum atomic E-state index is 13.1. The summed E-state index contributed by atoms with van der Waals surface area (Å²) in [4.78, 5) is 28.9. The van der Waals surface area contributed by atoms with Gasteiger partial charge >= 0.3 is 6.18 Å². The van der Waals surface area contributed by atoms with Crippen molar-refractivity contribution in [1.82, 2.24) is 25.4 Å². The van der Waals surface area contributed by atoms with Crippen molar-refractivity contribution in [3.8, 4) is 16.4 Å². The van der Waals surface area contributed by atoms with Crippen LogP contribution in [-0.4, -0.2) is 39.7 Å². The third-order valence-electron chi connectivity index (χ3n) is 4.20. The molecule has 0 saturated heterocycles. The third kappa shape index (κ3) is 5.48. The molecule has 1 aromatic carbocycles. The molecule has 0 bridgehead atoms. The Balaban J connectivity index is 1.84. The highest BCUT2D eigenvalue weighted by atomic mass is 32.1. The van der Waals surface area contributed by atoms with E-state index in [9.17, 15) is 22.8 Å². The van der Waals surface area contributed by atoms with Crippen molar-refractivity contribution in [1.29, 1.82) is 0 Å². The molecule has 0 fully saturated rings. The van der Waals surface area contributed by atoms with Crippen molar-refractivity contribution in [2.24, 2.45) is 5.92 Å². The second kappa shape index (κ2) is 9.29. The number of nitrogens with zero attached hydrogens (tertiary/aromatic N) is 3. The van der Waals surface area contributed by atoms with Gasteiger partial charge in [0.1, 0.15) is 0 Å². The zero-order valence-electron chi connectivity index (χ0n) is 16.7. The lowest BCUT2D eigenvalue weighted by Gasteiger charge is -2.09. The van der Waals surface area contributed by atoms with Gasteiger partial charge in [-0.3, -0.25) is 9.59 Å². The van der Waals surface area contributed by atoms with Crippen LogP contribution in [0, 0.1) is 5.92 Å². The quantitative estimate of drug-likeness (QED) is 0.538. The number of aromatic nitrogens is 3. The summed E-state index contributed by atoms with van der Waals surface area (Å²) in [5, 5.41) is 11.2. The number of halogens is 3. The van der Waals surface area contributed by atoms with Crippen LogP contribution in [0.25, 0.3) is 16.4 Å². The van der Waals surface area contributed by atoms with Crippen molar-refractivity contribution in [2.75, 3.05) is 13.1 Å². The molecule has 0 atom stereocenters. The third-order valence-corrected chi connectivity index (χ3v) is 5.07. The van der Waals surface area contributed by atoms with E-state index in [1.807, 2.05) is 0 Å². The van der Waals surface area contributed by atoms with Crippen LogP contribution in [-0.2, 0) is 11.0 Å². The van der Waals surface area contributed by atoms with Crippen LogP contribution in [0.2, 0.25) is 0 Å². The Morgan fingerprint density at radius 1 is 1.13 bits per heavy atom. The smallest absolute Gasteiger partial charge is 0.354 e. The van der Waals surface area contributed by atoms with Gasteiger partial charge in [-0.15, -0.1) is 16.4 Å². The van der Waals surface area contributed by atoms with Crippen molar-refractivity contribution < 1.29 is 22.8 Å². The second-order valence-electron chi connectivity index (χ2n) is 6.90. The molecule has 2 heterocycles. The number of nitrogens with one attached hydrogen (secondary N) is 2. The first kappa shape index (κ1) is 22.5. The van der Waals surface area contributed by atoms with Gasteiger partial charge in [0.25, 0.3) is 5.91 Å². The fourth-order valence-corrected chi connectivity index (χ4v) is 3.31. The van der Waals surface area contributed by atoms with Gasteiger partial charge in [0.15, 0.2) is 5.82 Å². The zero-order chi connectivity index (χ0) is 22.6. The van der Waals surface area contributed by atoms with Crippen LogP contribution in [0.1, 0.15) is 30.0 Å². The lowest BCUT2D eigenvalue weighted by molar-refractivity contribution is -0.137. The zero-order valence-corrected chi connectivity index (χ0v) is 17.5. The SMILES string of the molecule is CC(C)C(=O)NCCNC(=O)c1nc(-c2cccs2)n(-c2cccc(C(F)(F)F)c2)n1. The molecule has 0 spiro atoms. The van der Waals surface area contributed by atoms with Gasteiger partial charge in [0, 0.05) is 19.0 Å². The van der Waals surface area contributed by atoms with Crippen LogP contribution in [0.15, 0.2) is 41.8 Å². The first-order valence-corrected chi connectivity index (χ1v) is 10.3. The molecule has 0 aliphatic rings. The van der Waals surface area contributed by atoms with Crippen LogP contribution in [0.5, 0.6) is 0 Å². The molecule has 0 aliphatic carbocycles. The summed E-state index contributed by atoms with van der Waals surface area (Å²) in [6, 6.07) is 8.16. The van der Waals surface area contributed by atoms with E-state index in [1.165, 1.54) is 28.2 Å². The summed E-state index contributed by atoms with van der Waals surface area (Å²) >= 11 is 1.32. The molecule has 0 unspecified atom stereocenters. The lowest BCUT2D eigenvalue weighted by atomic mass is 10.2.